The number of carboxylic acid groups (broad SMARTS) is 1. The second-order valence-corrected chi connectivity index (χ2v) is 5.96. The second-order valence-electron chi connectivity index (χ2n) is 5.96. The van der Waals surface area contributed by atoms with Gasteiger partial charge in [-0.1, -0.05) is 13.8 Å². The number of nitrogens with zero attached hydrogens (tertiary/aromatic N) is 1. The predicted octanol–water partition coefficient (Wildman–Crippen LogP) is 2.46. The van der Waals surface area contributed by atoms with E-state index in [0.717, 1.165) is 25.7 Å². The fourth-order valence-corrected chi connectivity index (χ4v) is 2.47. The highest BCUT2D eigenvalue weighted by molar-refractivity contribution is 5.86. The van der Waals surface area contributed by atoms with Crippen LogP contribution in [0.3, 0.4) is 0 Å². The molecule has 0 bridgehead atoms. The van der Waals surface area contributed by atoms with Crippen LogP contribution in [0.1, 0.15) is 52.9 Å². The Labute approximate surface area is 115 Å². The Balaban J connectivity index is 2.51. The van der Waals surface area contributed by atoms with Crippen molar-refractivity contribution in [3.63, 3.8) is 0 Å². The fraction of sp³-hybridized carbons (Fsp3) is 0.857. The molecule has 1 rings (SSSR count). The number of hydrogen-bond donors (Lipinski definition) is 2. The van der Waals surface area contributed by atoms with E-state index in [9.17, 15) is 14.7 Å². The first-order valence-corrected chi connectivity index (χ1v) is 7.17. The second kappa shape index (κ2) is 6.78. The molecule has 1 fully saturated rings. The Hall–Kier alpha value is -1.26. The number of likely N-dealkylation sites (tertiary alicyclic amines) is 1. The van der Waals surface area contributed by atoms with Crippen molar-refractivity contribution in [1.82, 2.24) is 10.2 Å². The molecule has 5 nitrogen and oxygen atoms in total. The molecule has 1 unspecified atom stereocenters. The molecule has 1 aliphatic rings. The number of carboxylic acids is 1. The van der Waals surface area contributed by atoms with Gasteiger partial charge in [0.05, 0.1) is 0 Å². The molecule has 0 aliphatic carbocycles. The molecular weight excluding hydrogens is 244 g/mol. The smallest absolute Gasteiger partial charge is 0.329 e. The SMILES string of the molecule is CC(C)CCCNC(=O)N1CCCCC1(C)C(=O)O. The molecule has 1 heterocycles. The van der Waals surface area contributed by atoms with Crippen LogP contribution in [0.15, 0.2) is 0 Å². The van der Waals surface area contributed by atoms with Crippen LogP contribution in [0.5, 0.6) is 0 Å². The third-order valence-corrected chi connectivity index (χ3v) is 3.83. The number of carbonyl (C=O) groups is 2. The van der Waals surface area contributed by atoms with Gasteiger partial charge >= 0.3 is 12.0 Å². The molecular formula is C14H26N2O3. The summed E-state index contributed by atoms with van der Waals surface area (Å²) in [5.41, 5.74) is -1.06. The number of carbonyl (C=O) groups excluding carboxylic acids is 1. The van der Waals surface area contributed by atoms with Gasteiger partial charge in [0, 0.05) is 13.1 Å². The highest BCUT2D eigenvalue weighted by Gasteiger charge is 2.43. The first-order chi connectivity index (χ1) is 8.88. The highest BCUT2D eigenvalue weighted by Crippen LogP contribution is 2.28. The summed E-state index contributed by atoms with van der Waals surface area (Å²) in [6.07, 6.45) is 4.27. The van der Waals surface area contributed by atoms with Crippen molar-refractivity contribution in [1.29, 1.82) is 0 Å². The fourth-order valence-electron chi connectivity index (χ4n) is 2.47. The Morgan fingerprint density at radius 3 is 2.63 bits per heavy atom. The van der Waals surface area contributed by atoms with Gasteiger partial charge in [-0.05, 0) is 44.9 Å². The number of hydrogen-bond acceptors (Lipinski definition) is 2. The summed E-state index contributed by atoms with van der Waals surface area (Å²) in [4.78, 5) is 25.0. The zero-order chi connectivity index (χ0) is 14.5. The normalized spacial score (nSPS) is 23.5. The minimum atomic E-state index is -1.06. The van der Waals surface area contributed by atoms with Gasteiger partial charge in [-0.15, -0.1) is 0 Å². The number of amides is 2. The molecule has 0 aromatic carbocycles. The van der Waals surface area contributed by atoms with Gasteiger partial charge in [0.25, 0.3) is 0 Å². The maximum atomic E-state index is 12.1. The summed E-state index contributed by atoms with van der Waals surface area (Å²) in [6, 6.07) is -0.242. The monoisotopic (exact) mass is 270 g/mol. The van der Waals surface area contributed by atoms with Crippen LogP contribution in [0.4, 0.5) is 4.79 Å². The molecule has 19 heavy (non-hydrogen) atoms. The van der Waals surface area contributed by atoms with Gasteiger partial charge < -0.3 is 15.3 Å². The molecule has 2 N–H and O–H groups in total. The molecule has 1 atom stereocenters. The molecule has 0 aromatic rings. The maximum absolute atomic E-state index is 12.1. The number of aliphatic carboxylic acids is 1. The number of rotatable bonds is 5. The van der Waals surface area contributed by atoms with E-state index in [0.29, 0.717) is 25.4 Å². The van der Waals surface area contributed by atoms with Crippen molar-refractivity contribution < 1.29 is 14.7 Å². The number of piperidine rings is 1. The quantitative estimate of drug-likeness (QED) is 0.754. The first kappa shape index (κ1) is 15.8. The lowest BCUT2D eigenvalue weighted by molar-refractivity contribution is -0.150. The van der Waals surface area contributed by atoms with E-state index < -0.39 is 11.5 Å². The maximum Gasteiger partial charge on any atom is 0.329 e. The average Bonchev–Trinajstić information content (AvgIpc) is 2.34. The van der Waals surface area contributed by atoms with Crippen molar-refractivity contribution >= 4 is 12.0 Å². The predicted molar refractivity (Wildman–Crippen MR) is 74.1 cm³/mol. The van der Waals surface area contributed by atoms with Crippen molar-refractivity contribution in [2.75, 3.05) is 13.1 Å². The van der Waals surface area contributed by atoms with E-state index in [4.69, 9.17) is 0 Å². The van der Waals surface area contributed by atoms with E-state index in [1.54, 1.807) is 6.92 Å². The number of nitrogens with one attached hydrogen (secondary N) is 1. The van der Waals surface area contributed by atoms with Crippen molar-refractivity contribution in [3.8, 4) is 0 Å². The molecule has 110 valence electrons. The average molecular weight is 270 g/mol. The number of urea groups is 1. The van der Waals surface area contributed by atoms with E-state index in [1.165, 1.54) is 4.90 Å². The molecule has 5 heteroatoms. The van der Waals surface area contributed by atoms with Crippen LogP contribution >= 0.6 is 0 Å². The minimum Gasteiger partial charge on any atom is -0.480 e. The Kier molecular flexibility index (Phi) is 5.63. The van der Waals surface area contributed by atoms with Crippen LogP contribution in [-0.2, 0) is 4.79 Å². The summed E-state index contributed by atoms with van der Waals surface area (Å²) in [7, 11) is 0. The zero-order valence-electron chi connectivity index (χ0n) is 12.2. The third-order valence-electron chi connectivity index (χ3n) is 3.83. The summed E-state index contributed by atoms with van der Waals surface area (Å²) in [5, 5.41) is 12.2. The minimum absolute atomic E-state index is 0.242. The molecule has 1 aliphatic heterocycles. The van der Waals surface area contributed by atoms with Gasteiger partial charge in [-0.3, -0.25) is 0 Å². The van der Waals surface area contributed by atoms with Gasteiger partial charge in [0.2, 0.25) is 0 Å². The van der Waals surface area contributed by atoms with E-state index in [1.807, 2.05) is 0 Å². The van der Waals surface area contributed by atoms with Crippen LogP contribution in [0.25, 0.3) is 0 Å². The van der Waals surface area contributed by atoms with Crippen molar-refractivity contribution in [2.45, 2.75) is 58.4 Å². The van der Waals surface area contributed by atoms with Gasteiger partial charge in [-0.25, -0.2) is 9.59 Å². The standard InChI is InChI=1S/C14H26N2O3/c1-11(2)7-6-9-15-13(19)16-10-5-4-8-14(16,3)12(17)18/h11H,4-10H2,1-3H3,(H,15,19)(H,17,18). The molecule has 1 saturated heterocycles. The Morgan fingerprint density at radius 1 is 1.37 bits per heavy atom. The topological polar surface area (TPSA) is 69.6 Å². The zero-order valence-corrected chi connectivity index (χ0v) is 12.2. The van der Waals surface area contributed by atoms with Crippen LogP contribution in [0, 0.1) is 5.92 Å². The van der Waals surface area contributed by atoms with Crippen LogP contribution in [-0.4, -0.2) is 40.6 Å². The molecule has 2 amide bonds. The van der Waals surface area contributed by atoms with Crippen molar-refractivity contribution in [2.24, 2.45) is 5.92 Å². The van der Waals surface area contributed by atoms with Gasteiger partial charge in [0.15, 0.2) is 0 Å². The summed E-state index contributed by atoms with van der Waals surface area (Å²) in [5.74, 6) is -0.291. The first-order valence-electron chi connectivity index (χ1n) is 7.17. The summed E-state index contributed by atoms with van der Waals surface area (Å²) >= 11 is 0. The third kappa shape index (κ3) is 4.11. The summed E-state index contributed by atoms with van der Waals surface area (Å²) in [6.45, 7) is 7.08. The Morgan fingerprint density at radius 2 is 2.05 bits per heavy atom. The van der Waals surface area contributed by atoms with E-state index in [-0.39, 0.29) is 6.03 Å². The lowest BCUT2D eigenvalue weighted by Gasteiger charge is -2.41. The molecule has 0 spiro atoms. The van der Waals surface area contributed by atoms with Gasteiger partial charge in [-0.2, -0.15) is 0 Å². The highest BCUT2D eigenvalue weighted by atomic mass is 16.4. The van der Waals surface area contributed by atoms with Crippen LogP contribution < -0.4 is 5.32 Å². The molecule has 0 radical (unpaired) electrons. The molecule has 0 saturated carbocycles. The largest absolute Gasteiger partial charge is 0.480 e. The van der Waals surface area contributed by atoms with Crippen LogP contribution in [0.2, 0.25) is 0 Å². The van der Waals surface area contributed by atoms with Gasteiger partial charge in [0.1, 0.15) is 5.54 Å². The lowest BCUT2D eigenvalue weighted by Crippen LogP contribution is -2.60. The van der Waals surface area contributed by atoms with E-state index >= 15 is 0 Å². The molecule has 0 aromatic heterocycles. The lowest BCUT2D eigenvalue weighted by atomic mass is 9.89. The van der Waals surface area contributed by atoms with Crippen molar-refractivity contribution in [3.05, 3.63) is 0 Å². The Bertz CT molecular complexity index is 331. The van der Waals surface area contributed by atoms with E-state index in [2.05, 4.69) is 19.2 Å². The summed E-state index contributed by atoms with van der Waals surface area (Å²) < 4.78 is 0.